The first-order valence-corrected chi connectivity index (χ1v) is 9.11. The van der Waals surface area contributed by atoms with E-state index in [-0.39, 0.29) is 18.0 Å². The predicted molar refractivity (Wildman–Crippen MR) is 105 cm³/mol. The van der Waals surface area contributed by atoms with Gasteiger partial charge in [0.15, 0.2) is 5.65 Å². The van der Waals surface area contributed by atoms with Gasteiger partial charge in [0.2, 0.25) is 5.91 Å². The van der Waals surface area contributed by atoms with Crippen molar-refractivity contribution in [1.29, 1.82) is 0 Å². The molecule has 3 heterocycles. The average molecular weight is 382 g/mol. The third-order valence-electron chi connectivity index (χ3n) is 5.09. The van der Waals surface area contributed by atoms with Gasteiger partial charge in [-0.05, 0) is 24.3 Å². The van der Waals surface area contributed by atoms with Crippen LogP contribution in [-0.4, -0.2) is 63.4 Å². The molecule has 0 spiro atoms. The highest BCUT2D eigenvalue weighted by molar-refractivity contribution is 5.77. The quantitative estimate of drug-likeness (QED) is 0.653. The molecule has 28 heavy (non-hydrogen) atoms. The lowest BCUT2D eigenvalue weighted by atomic mass is 10.2. The van der Waals surface area contributed by atoms with Crippen LogP contribution >= 0.6 is 0 Å². The summed E-state index contributed by atoms with van der Waals surface area (Å²) in [5, 5.41) is 4.47. The fraction of sp³-hybridized carbons (Fsp3) is 0.368. The Bertz CT molecular complexity index is 1050. The van der Waals surface area contributed by atoms with E-state index in [1.165, 1.54) is 17.1 Å². The second kappa shape index (κ2) is 7.34. The first-order chi connectivity index (χ1) is 13.6. The maximum Gasteiger partial charge on any atom is 0.264 e. The first kappa shape index (κ1) is 18.0. The van der Waals surface area contributed by atoms with E-state index in [1.54, 1.807) is 23.7 Å². The van der Waals surface area contributed by atoms with Crippen molar-refractivity contribution in [1.82, 2.24) is 24.2 Å². The van der Waals surface area contributed by atoms with Gasteiger partial charge in [0.05, 0.1) is 13.3 Å². The minimum atomic E-state index is -0.247. The third-order valence-corrected chi connectivity index (χ3v) is 5.09. The molecular weight excluding hydrogens is 360 g/mol. The SMILES string of the molecule is COc1ccc(N2CCN(C(=O)Cn3cnc4c(cnn4C)c3=O)CC2)cc1. The van der Waals surface area contributed by atoms with Crippen LogP contribution < -0.4 is 15.2 Å². The zero-order valence-electron chi connectivity index (χ0n) is 15.9. The number of aromatic nitrogens is 4. The topological polar surface area (TPSA) is 85.5 Å². The number of methoxy groups -OCH3 is 1. The van der Waals surface area contributed by atoms with Crippen LogP contribution in [-0.2, 0) is 18.4 Å². The molecule has 0 saturated carbocycles. The number of benzene rings is 1. The van der Waals surface area contributed by atoms with Crippen LogP contribution in [0.5, 0.6) is 5.75 Å². The van der Waals surface area contributed by atoms with Crippen molar-refractivity contribution in [2.24, 2.45) is 7.05 Å². The van der Waals surface area contributed by atoms with Crippen molar-refractivity contribution in [2.75, 3.05) is 38.2 Å². The maximum absolute atomic E-state index is 12.7. The molecular formula is C19H22N6O3. The molecule has 0 unspecified atom stereocenters. The summed E-state index contributed by atoms with van der Waals surface area (Å²) >= 11 is 0. The van der Waals surface area contributed by atoms with E-state index in [4.69, 9.17) is 4.74 Å². The van der Waals surface area contributed by atoms with Gasteiger partial charge < -0.3 is 14.5 Å². The Kier molecular flexibility index (Phi) is 4.72. The number of aryl methyl sites for hydroxylation is 1. The summed E-state index contributed by atoms with van der Waals surface area (Å²) in [5.74, 6) is 0.740. The molecule has 0 bridgehead atoms. The van der Waals surface area contributed by atoms with Gasteiger partial charge in [0, 0.05) is 38.9 Å². The van der Waals surface area contributed by atoms with Crippen molar-refractivity contribution < 1.29 is 9.53 Å². The molecule has 9 nitrogen and oxygen atoms in total. The van der Waals surface area contributed by atoms with Crippen molar-refractivity contribution in [2.45, 2.75) is 6.54 Å². The molecule has 1 amide bonds. The molecule has 2 aromatic heterocycles. The molecule has 4 rings (SSSR count). The Morgan fingerprint density at radius 3 is 2.54 bits per heavy atom. The molecule has 3 aromatic rings. The molecule has 9 heteroatoms. The van der Waals surface area contributed by atoms with Gasteiger partial charge in [-0.2, -0.15) is 5.10 Å². The summed E-state index contributed by atoms with van der Waals surface area (Å²) in [5.41, 5.74) is 1.38. The number of hydrogen-bond donors (Lipinski definition) is 0. The van der Waals surface area contributed by atoms with Crippen molar-refractivity contribution in [3.05, 3.63) is 47.1 Å². The predicted octanol–water partition coefficient (Wildman–Crippen LogP) is 0.487. The standard InChI is InChI=1S/C19H22N6O3/c1-22-18-16(11-21-22)19(27)25(13-20-18)12-17(26)24-9-7-23(8-10-24)14-3-5-15(28-2)6-4-14/h3-6,11,13H,7-10,12H2,1-2H3. The minimum absolute atomic E-state index is 0.0147. The molecule has 0 atom stereocenters. The summed E-state index contributed by atoms with van der Waals surface area (Å²) in [7, 11) is 3.37. The lowest BCUT2D eigenvalue weighted by Crippen LogP contribution is -2.50. The number of anilines is 1. The van der Waals surface area contributed by atoms with E-state index in [0.29, 0.717) is 24.1 Å². The highest BCUT2D eigenvalue weighted by Crippen LogP contribution is 2.20. The monoisotopic (exact) mass is 382 g/mol. The van der Waals surface area contributed by atoms with Crippen molar-refractivity contribution >= 4 is 22.6 Å². The molecule has 1 aromatic carbocycles. The summed E-state index contributed by atoms with van der Waals surface area (Å²) < 4.78 is 8.08. The molecule has 0 aliphatic carbocycles. The van der Waals surface area contributed by atoms with E-state index in [2.05, 4.69) is 15.0 Å². The second-order valence-corrected chi connectivity index (χ2v) is 6.75. The lowest BCUT2D eigenvalue weighted by molar-refractivity contribution is -0.132. The van der Waals surface area contributed by atoms with Crippen LogP contribution in [0.15, 0.2) is 41.6 Å². The van der Waals surface area contributed by atoms with E-state index >= 15 is 0 Å². The van der Waals surface area contributed by atoms with Gasteiger partial charge in [-0.1, -0.05) is 0 Å². The van der Waals surface area contributed by atoms with Crippen LogP contribution in [0, 0.1) is 0 Å². The van der Waals surface area contributed by atoms with Gasteiger partial charge in [0.25, 0.3) is 5.56 Å². The molecule has 1 saturated heterocycles. The molecule has 0 radical (unpaired) electrons. The van der Waals surface area contributed by atoms with Gasteiger partial charge in [-0.3, -0.25) is 18.8 Å². The number of ether oxygens (including phenoxy) is 1. The number of piperazine rings is 1. The normalized spacial score (nSPS) is 14.5. The van der Waals surface area contributed by atoms with E-state index in [9.17, 15) is 9.59 Å². The molecule has 1 aliphatic rings. The number of fused-ring (bicyclic) bond motifs is 1. The van der Waals surface area contributed by atoms with Crippen LogP contribution in [0.4, 0.5) is 5.69 Å². The molecule has 146 valence electrons. The highest BCUT2D eigenvalue weighted by Gasteiger charge is 2.22. The zero-order valence-corrected chi connectivity index (χ0v) is 15.9. The number of hydrogen-bond acceptors (Lipinski definition) is 6. The lowest BCUT2D eigenvalue weighted by Gasteiger charge is -2.36. The van der Waals surface area contributed by atoms with Crippen LogP contribution in [0.1, 0.15) is 0 Å². The fourth-order valence-corrected chi connectivity index (χ4v) is 3.43. The van der Waals surface area contributed by atoms with Crippen LogP contribution in [0.3, 0.4) is 0 Å². The molecule has 1 fully saturated rings. The van der Waals surface area contributed by atoms with Crippen molar-refractivity contribution in [3.63, 3.8) is 0 Å². The number of carbonyl (C=O) groups excluding carboxylic acids is 1. The van der Waals surface area contributed by atoms with Crippen LogP contribution in [0.25, 0.3) is 11.0 Å². The molecule has 0 N–H and O–H groups in total. The summed E-state index contributed by atoms with van der Waals surface area (Å²) in [6, 6.07) is 7.90. The Labute approximate surface area is 161 Å². The number of nitrogens with zero attached hydrogens (tertiary/aromatic N) is 6. The largest absolute Gasteiger partial charge is 0.497 e. The maximum atomic E-state index is 12.7. The number of carbonyl (C=O) groups is 1. The van der Waals surface area contributed by atoms with Crippen LogP contribution in [0.2, 0.25) is 0 Å². The number of amides is 1. The Hall–Kier alpha value is -3.36. The Morgan fingerprint density at radius 2 is 1.86 bits per heavy atom. The summed E-state index contributed by atoms with van der Waals surface area (Å²) in [6.07, 6.45) is 2.90. The van der Waals surface area contributed by atoms with Gasteiger partial charge >= 0.3 is 0 Å². The average Bonchev–Trinajstić information content (AvgIpc) is 3.12. The highest BCUT2D eigenvalue weighted by atomic mass is 16.5. The first-order valence-electron chi connectivity index (χ1n) is 9.11. The summed E-state index contributed by atoms with van der Waals surface area (Å²) in [6.45, 7) is 2.70. The third kappa shape index (κ3) is 3.30. The minimum Gasteiger partial charge on any atom is -0.497 e. The van der Waals surface area contributed by atoms with E-state index in [0.717, 1.165) is 24.5 Å². The second-order valence-electron chi connectivity index (χ2n) is 6.75. The van der Waals surface area contributed by atoms with Gasteiger partial charge in [0.1, 0.15) is 24.0 Å². The smallest absolute Gasteiger partial charge is 0.264 e. The van der Waals surface area contributed by atoms with E-state index in [1.807, 2.05) is 24.3 Å². The van der Waals surface area contributed by atoms with Gasteiger partial charge in [-0.15, -0.1) is 0 Å². The Balaban J connectivity index is 1.40. The fourth-order valence-electron chi connectivity index (χ4n) is 3.43. The zero-order chi connectivity index (χ0) is 19.7. The Morgan fingerprint density at radius 1 is 1.14 bits per heavy atom. The van der Waals surface area contributed by atoms with E-state index < -0.39 is 0 Å². The number of rotatable bonds is 4. The summed E-state index contributed by atoms with van der Waals surface area (Å²) in [4.78, 5) is 33.5. The molecule has 1 aliphatic heterocycles. The van der Waals surface area contributed by atoms with Crippen molar-refractivity contribution in [3.8, 4) is 5.75 Å². The van der Waals surface area contributed by atoms with Gasteiger partial charge in [-0.25, -0.2) is 4.98 Å².